The zero-order valence-corrected chi connectivity index (χ0v) is 30.8. The van der Waals surface area contributed by atoms with Crippen LogP contribution in [0.4, 0.5) is 36.0 Å². The molecule has 0 radical (unpaired) electrons. The Kier molecular flexibility index (Phi) is 11.1. The third-order valence-corrected chi connectivity index (χ3v) is 7.58. The summed E-state index contributed by atoms with van der Waals surface area (Å²) in [6.45, 7) is 13.7. The molecular formula is C38H42FN5O9. The van der Waals surface area contributed by atoms with Crippen molar-refractivity contribution >= 4 is 52.2 Å². The van der Waals surface area contributed by atoms with Gasteiger partial charge in [0.15, 0.2) is 5.82 Å². The molecule has 1 unspecified atom stereocenters. The SMILES string of the molecule is Cc1c(-c2cc3cc(NC(=O)OC(C)COC(=O)c4ccccc4)ncc3c(NC(=O)OC(C)(C)C)c2F)cnc2c1N(C(=O)OC(C)(C)C)CCO2. The van der Waals surface area contributed by atoms with Crippen LogP contribution in [0.3, 0.4) is 0 Å². The number of hydrogen-bond acceptors (Lipinski definition) is 11. The fraction of sp³-hybridized carbons (Fsp3) is 0.368. The van der Waals surface area contributed by atoms with E-state index in [-0.39, 0.29) is 48.1 Å². The third kappa shape index (κ3) is 9.47. The minimum absolute atomic E-state index is 0.0136. The normalized spacial score (nSPS) is 13.3. The first-order valence-corrected chi connectivity index (χ1v) is 16.9. The third-order valence-electron chi connectivity index (χ3n) is 7.58. The van der Waals surface area contributed by atoms with Gasteiger partial charge in [0, 0.05) is 28.9 Å². The number of anilines is 3. The van der Waals surface area contributed by atoms with Gasteiger partial charge in [-0.05, 0) is 90.6 Å². The van der Waals surface area contributed by atoms with Gasteiger partial charge in [-0.15, -0.1) is 0 Å². The van der Waals surface area contributed by atoms with Crippen LogP contribution < -0.4 is 20.3 Å². The van der Waals surface area contributed by atoms with Gasteiger partial charge in [-0.1, -0.05) is 18.2 Å². The van der Waals surface area contributed by atoms with Crippen molar-refractivity contribution in [2.45, 2.75) is 72.7 Å². The summed E-state index contributed by atoms with van der Waals surface area (Å²) in [5.74, 6) is -1.17. The Bertz CT molecular complexity index is 2040. The minimum atomic E-state index is -0.910. The van der Waals surface area contributed by atoms with E-state index in [1.54, 1.807) is 85.7 Å². The zero-order chi connectivity index (χ0) is 38.7. The van der Waals surface area contributed by atoms with Crippen molar-refractivity contribution in [3.05, 3.63) is 71.8 Å². The predicted molar refractivity (Wildman–Crippen MR) is 195 cm³/mol. The number of benzene rings is 2. The number of halogens is 1. The molecular weight excluding hydrogens is 689 g/mol. The van der Waals surface area contributed by atoms with Crippen LogP contribution in [0.15, 0.2) is 54.9 Å². The maximum absolute atomic E-state index is 16.7. The van der Waals surface area contributed by atoms with Gasteiger partial charge in [-0.25, -0.2) is 33.5 Å². The Hall–Kier alpha value is -5.99. The average molecular weight is 732 g/mol. The van der Waals surface area contributed by atoms with Crippen LogP contribution in [0.1, 0.15) is 64.4 Å². The number of nitrogens with one attached hydrogen (secondary N) is 2. The highest BCUT2D eigenvalue weighted by atomic mass is 19.1. The summed E-state index contributed by atoms with van der Waals surface area (Å²) in [4.78, 5) is 61.3. The van der Waals surface area contributed by atoms with Crippen molar-refractivity contribution in [2.75, 3.05) is 35.3 Å². The van der Waals surface area contributed by atoms with Crippen molar-refractivity contribution in [2.24, 2.45) is 0 Å². The molecule has 0 bridgehead atoms. The number of nitrogens with zero attached hydrogens (tertiary/aromatic N) is 3. The highest BCUT2D eigenvalue weighted by molar-refractivity contribution is 6.05. The van der Waals surface area contributed by atoms with Crippen molar-refractivity contribution in [1.29, 1.82) is 0 Å². The van der Waals surface area contributed by atoms with Crippen LogP contribution >= 0.6 is 0 Å². The average Bonchev–Trinajstić information content (AvgIpc) is 3.07. The van der Waals surface area contributed by atoms with Gasteiger partial charge in [0.25, 0.3) is 0 Å². The first-order valence-electron chi connectivity index (χ1n) is 16.9. The van der Waals surface area contributed by atoms with Gasteiger partial charge in [-0.2, -0.15) is 0 Å². The maximum atomic E-state index is 16.7. The fourth-order valence-electron chi connectivity index (χ4n) is 5.37. The number of aromatic nitrogens is 2. The Balaban J connectivity index is 1.48. The molecule has 0 fully saturated rings. The molecule has 2 aromatic heterocycles. The van der Waals surface area contributed by atoms with Crippen LogP contribution in [-0.2, 0) is 18.9 Å². The van der Waals surface area contributed by atoms with E-state index >= 15 is 4.39 Å². The number of ether oxygens (including phenoxy) is 5. The quantitative estimate of drug-likeness (QED) is 0.140. The van der Waals surface area contributed by atoms with E-state index in [9.17, 15) is 19.2 Å². The minimum Gasteiger partial charge on any atom is -0.474 e. The first-order chi connectivity index (χ1) is 24.9. The molecule has 53 heavy (non-hydrogen) atoms. The summed E-state index contributed by atoms with van der Waals surface area (Å²) in [6.07, 6.45) is -0.521. The smallest absolute Gasteiger partial charge is 0.415 e. The molecule has 280 valence electrons. The van der Waals surface area contributed by atoms with E-state index in [0.29, 0.717) is 27.8 Å². The molecule has 5 rings (SSSR count). The van der Waals surface area contributed by atoms with Crippen LogP contribution in [0.25, 0.3) is 21.9 Å². The predicted octanol–water partition coefficient (Wildman–Crippen LogP) is 8.02. The number of rotatable bonds is 7. The summed E-state index contributed by atoms with van der Waals surface area (Å²) < 4.78 is 44.1. The molecule has 1 atom stereocenters. The highest BCUT2D eigenvalue weighted by Gasteiger charge is 2.32. The van der Waals surface area contributed by atoms with Crippen LogP contribution in [-0.4, -0.2) is 71.3 Å². The molecule has 0 spiro atoms. The molecule has 1 aliphatic rings. The monoisotopic (exact) mass is 731 g/mol. The standard InChI is InChI=1S/C38H42FN5O9/c1-21(20-50-33(45)23-12-10-9-11-13-23)51-34(46)42-28-17-24-16-25(29(39)30(27(24)19-40-28)43-35(47)52-37(3,4)5)26-18-41-32-31(22(26)2)44(14-15-49-32)36(48)53-38(6,7)8/h9-13,16-19,21H,14-15,20H2,1-8H3,(H,43,47)(H,40,42,46). The lowest BCUT2D eigenvalue weighted by molar-refractivity contribution is 0.0248. The lowest BCUT2D eigenvalue weighted by Gasteiger charge is -2.32. The molecule has 15 heteroatoms. The Morgan fingerprint density at radius 1 is 0.925 bits per heavy atom. The van der Waals surface area contributed by atoms with E-state index in [1.807, 2.05) is 0 Å². The van der Waals surface area contributed by atoms with Crippen molar-refractivity contribution < 1.29 is 47.3 Å². The Labute approximate surface area is 305 Å². The van der Waals surface area contributed by atoms with E-state index in [0.717, 1.165) is 0 Å². The molecule has 4 aromatic rings. The molecule has 1 aliphatic heterocycles. The van der Waals surface area contributed by atoms with Crippen molar-refractivity contribution in [1.82, 2.24) is 9.97 Å². The number of carbonyl (C=O) groups excluding carboxylic acids is 4. The molecule has 3 heterocycles. The zero-order valence-electron chi connectivity index (χ0n) is 30.8. The number of esters is 1. The molecule has 3 amide bonds. The van der Waals surface area contributed by atoms with Crippen molar-refractivity contribution in [3.63, 3.8) is 0 Å². The second-order valence-electron chi connectivity index (χ2n) is 14.3. The van der Waals surface area contributed by atoms with E-state index in [2.05, 4.69) is 20.6 Å². The van der Waals surface area contributed by atoms with E-state index in [4.69, 9.17) is 23.7 Å². The number of amides is 3. The molecule has 2 N–H and O–H groups in total. The summed E-state index contributed by atoms with van der Waals surface area (Å²) in [5.41, 5.74) is -0.465. The van der Waals surface area contributed by atoms with Crippen molar-refractivity contribution in [3.8, 4) is 17.0 Å². The fourth-order valence-corrected chi connectivity index (χ4v) is 5.37. The topological polar surface area (TPSA) is 168 Å². The van der Waals surface area contributed by atoms with E-state index < -0.39 is 47.4 Å². The van der Waals surface area contributed by atoms with Gasteiger partial charge >= 0.3 is 24.2 Å². The molecule has 0 aliphatic carbocycles. The second-order valence-corrected chi connectivity index (χ2v) is 14.3. The summed E-state index contributed by atoms with van der Waals surface area (Å²) in [5, 5.41) is 5.60. The van der Waals surface area contributed by atoms with E-state index in [1.165, 1.54) is 29.4 Å². The number of carbonyl (C=O) groups is 4. The molecule has 0 saturated heterocycles. The number of hydrogen-bond donors (Lipinski definition) is 2. The van der Waals surface area contributed by atoms with Gasteiger partial charge in [0.2, 0.25) is 5.88 Å². The largest absolute Gasteiger partial charge is 0.474 e. The first kappa shape index (κ1) is 38.2. The molecule has 2 aromatic carbocycles. The Morgan fingerprint density at radius 2 is 1.62 bits per heavy atom. The highest BCUT2D eigenvalue weighted by Crippen LogP contribution is 2.42. The summed E-state index contributed by atoms with van der Waals surface area (Å²) in [7, 11) is 0. The van der Waals surface area contributed by atoms with Gasteiger partial charge < -0.3 is 23.7 Å². The van der Waals surface area contributed by atoms with Crippen LogP contribution in [0.2, 0.25) is 0 Å². The number of pyridine rings is 2. The van der Waals surface area contributed by atoms with Crippen LogP contribution in [0.5, 0.6) is 5.88 Å². The molecule has 14 nitrogen and oxygen atoms in total. The van der Waals surface area contributed by atoms with Gasteiger partial charge in [-0.3, -0.25) is 15.5 Å². The Morgan fingerprint density at radius 3 is 2.30 bits per heavy atom. The number of fused-ring (bicyclic) bond motifs is 2. The summed E-state index contributed by atoms with van der Waals surface area (Å²) in [6, 6.07) is 11.4. The lowest BCUT2D eigenvalue weighted by Crippen LogP contribution is -2.42. The van der Waals surface area contributed by atoms with Gasteiger partial charge in [0.05, 0.1) is 17.8 Å². The second kappa shape index (κ2) is 15.3. The lowest BCUT2D eigenvalue weighted by atomic mass is 9.96. The summed E-state index contributed by atoms with van der Waals surface area (Å²) >= 11 is 0. The van der Waals surface area contributed by atoms with Gasteiger partial charge in [0.1, 0.15) is 42.0 Å². The molecule has 0 saturated carbocycles. The maximum Gasteiger partial charge on any atom is 0.415 e. The van der Waals surface area contributed by atoms with Crippen LogP contribution in [0, 0.1) is 12.7 Å².